The fourth-order valence-corrected chi connectivity index (χ4v) is 5.37. The van der Waals surface area contributed by atoms with Crippen LogP contribution in [0.15, 0.2) is 67.1 Å². The predicted molar refractivity (Wildman–Crippen MR) is 156 cm³/mol. The van der Waals surface area contributed by atoms with Crippen LogP contribution in [0.4, 0.5) is 5.69 Å². The molecule has 9 heteroatoms. The van der Waals surface area contributed by atoms with E-state index in [4.69, 9.17) is 0 Å². The van der Waals surface area contributed by atoms with Crippen LogP contribution in [0.1, 0.15) is 37.4 Å². The Morgan fingerprint density at radius 1 is 0.949 bits per heavy atom. The maximum Gasteiger partial charge on any atom is 0.229 e. The van der Waals surface area contributed by atoms with Crippen LogP contribution in [0.5, 0.6) is 0 Å². The molecule has 0 aliphatic carbocycles. The summed E-state index contributed by atoms with van der Waals surface area (Å²) in [6.45, 7) is 7.20. The Kier molecular flexibility index (Phi) is 5.88. The summed E-state index contributed by atoms with van der Waals surface area (Å²) in [5.41, 5.74) is 6.16. The summed E-state index contributed by atoms with van der Waals surface area (Å²) >= 11 is 1.50. The highest BCUT2D eigenvalue weighted by Crippen LogP contribution is 2.37. The first-order valence-corrected chi connectivity index (χ1v) is 13.3. The molecule has 1 amide bonds. The largest absolute Gasteiger partial charge is 0.353 e. The lowest BCUT2D eigenvalue weighted by Gasteiger charge is -2.17. The highest BCUT2D eigenvalue weighted by atomic mass is 32.1. The fraction of sp³-hybridized carbons (Fsp3) is 0.167. The molecule has 0 spiro atoms. The van der Waals surface area contributed by atoms with Gasteiger partial charge in [-0.1, -0.05) is 32.9 Å². The number of hydrogen-bond donors (Lipinski definition) is 3. The summed E-state index contributed by atoms with van der Waals surface area (Å²) in [4.78, 5) is 38.5. The monoisotopic (exact) mass is 534 g/mol. The van der Waals surface area contributed by atoms with E-state index in [0.717, 1.165) is 54.1 Å². The molecule has 5 heterocycles. The average molecular weight is 535 g/mol. The van der Waals surface area contributed by atoms with E-state index in [0.29, 0.717) is 11.3 Å². The number of aromatic amines is 2. The van der Waals surface area contributed by atoms with E-state index in [1.807, 2.05) is 57.2 Å². The van der Waals surface area contributed by atoms with Crippen LogP contribution in [-0.4, -0.2) is 36.8 Å². The van der Waals surface area contributed by atoms with Gasteiger partial charge >= 0.3 is 0 Å². The van der Waals surface area contributed by atoms with E-state index in [1.165, 1.54) is 11.3 Å². The number of amides is 1. The predicted octanol–water partition coefficient (Wildman–Crippen LogP) is 7.08. The Labute approximate surface area is 228 Å². The molecular formula is C30H26N6O2S. The molecule has 0 unspecified atom stereocenters. The summed E-state index contributed by atoms with van der Waals surface area (Å²) in [6.07, 6.45) is 5.14. The SMILES string of the molecule is CC(=O)c1ccc(-c2cccc3[nH]c(-c4[nH]nc5ncc(-c6cncc(NC(=O)C(C)(C)C)c6)cc45)cc23)s1. The number of carbonyl (C=O) groups is 2. The Morgan fingerprint density at radius 3 is 2.54 bits per heavy atom. The third-order valence-electron chi connectivity index (χ3n) is 6.57. The number of thiophene rings is 1. The second kappa shape index (κ2) is 9.28. The van der Waals surface area contributed by atoms with Crippen molar-refractivity contribution in [1.82, 2.24) is 25.1 Å². The van der Waals surface area contributed by atoms with Gasteiger partial charge in [-0.2, -0.15) is 5.10 Å². The Bertz CT molecular complexity index is 1890. The molecule has 0 atom stereocenters. The maximum absolute atomic E-state index is 12.5. The number of Topliss-reactive ketones (excluding diaryl/α,β-unsaturated/α-hetero) is 1. The van der Waals surface area contributed by atoms with Gasteiger partial charge in [-0.25, -0.2) is 4.98 Å². The zero-order valence-electron chi connectivity index (χ0n) is 21.9. The Morgan fingerprint density at radius 2 is 1.77 bits per heavy atom. The van der Waals surface area contributed by atoms with Crippen LogP contribution in [0.3, 0.4) is 0 Å². The van der Waals surface area contributed by atoms with Crippen molar-refractivity contribution in [2.45, 2.75) is 27.7 Å². The van der Waals surface area contributed by atoms with E-state index in [-0.39, 0.29) is 11.7 Å². The number of nitrogens with one attached hydrogen (secondary N) is 3. The molecule has 0 saturated heterocycles. The number of carbonyl (C=O) groups excluding carboxylic acids is 2. The van der Waals surface area contributed by atoms with Crippen LogP contribution < -0.4 is 5.32 Å². The van der Waals surface area contributed by atoms with Crippen LogP contribution in [0.2, 0.25) is 0 Å². The number of anilines is 1. The number of hydrogen-bond acceptors (Lipinski definition) is 6. The molecule has 0 bridgehead atoms. The number of aromatic nitrogens is 5. The van der Waals surface area contributed by atoms with Crippen LogP contribution in [0.25, 0.3) is 54.9 Å². The third kappa shape index (κ3) is 4.61. The molecule has 6 rings (SSSR count). The van der Waals surface area contributed by atoms with E-state index >= 15 is 0 Å². The number of nitrogens with zero attached hydrogens (tertiary/aromatic N) is 3. The van der Waals surface area contributed by atoms with Gasteiger partial charge in [0.25, 0.3) is 0 Å². The van der Waals surface area contributed by atoms with E-state index in [9.17, 15) is 9.59 Å². The van der Waals surface area contributed by atoms with Crippen molar-refractivity contribution in [3.05, 3.63) is 72.0 Å². The average Bonchev–Trinajstić information content (AvgIpc) is 3.65. The number of benzene rings is 1. The van der Waals surface area contributed by atoms with Gasteiger partial charge in [0.1, 0.15) is 0 Å². The summed E-state index contributed by atoms with van der Waals surface area (Å²) in [6, 6.07) is 16.0. The number of fused-ring (bicyclic) bond motifs is 2. The van der Waals surface area contributed by atoms with Gasteiger partial charge in [-0.3, -0.25) is 19.7 Å². The minimum atomic E-state index is -0.513. The highest BCUT2D eigenvalue weighted by molar-refractivity contribution is 7.17. The minimum Gasteiger partial charge on any atom is -0.353 e. The lowest BCUT2D eigenvalue weighted by atomic mass is 9.95. The summed E-state index contributed by atoms with van der Waals surface area (Å²) in [5, 5.41) is 12.4. The van der Waals surface area contributed by atoms with Crippen molar-refractivity contribution >= 4 is 50.7 Å². The van der Waals surface area contributed by atoms with Gasteiger partial charge < -0.3 is 10.3 Å². The molecule has 0 saturated carbocycles. The first-order valence-electron chi connectivity index (χ1n) is 12.5. The minimum absolute atomic E-state index is 0.0673. The molecule has 0 aliphatic rings. The zero-order chi connectivity index (χ0) is 27.3. The van der Waals surface area contributed by atoms with Crippen molar-refractivity contribution in [1.29, 1.82) is 0 Å². The van der Waals surface area contributed by atoms with Gasteiger partial charge in [-0.05, 0) is 43.3 Å². The van der Waals surface area contributed by atoms with E-state index in [2.05, 4.69) is 42.6 Å². The third-order valence-corrected chi connectivity index (χ3v) is 7.79. The lowest BCUT2D eigenvalue weighted by Crippen LogP contribution is -2.27. The molecule has 8 nitrogen and oxygen atoms in total. The fourth-order valence-electron chi connectivity index (χ4n) is 4.42. The van der Waals surface area contributed by atoms with Crippen LogP contribution in [-0.2, 0) is 4.79 Å². The Hall–Kier alpha value is -4.63. The number of ketones is 1. The summed E-state index contributed by atoms with van der Waals surface area (Å²) in [5.74, 6) is -0.0110. The van der Waals surface area contributed by atoms with Crippen molar-refractivity contribution in [2.24, 2.45) is 5.41 Å². The summed E-state index contributed by atoms with van der Waals surface area (Å²) in [7, 11) is 0. The standard InChI is InChI=1S/C30H26N6O2S/c1-16(37)25-8-9-26(39-25)20-6-5-7-23-21(20)12-24(34-23)27-22-11-18(14-32-28(22)36-35-27)17-10-19(15-31-13-17)33-29(38)30(2,3)4/h5-15,34H,1-4H3,(H,33,38)(H,32,35,36). The van der Waals surface area contributed by atoms with Crippen molar-refractivity contribution in [3.63, 3.8) is 0 Å². The van der Waals surface area contributed by atoms with Gasteiger partial charge in [0.05, 0.1) is 28.1 Å². The van der Waals surface area contributed by atoms with Gasteiger partial charge in [0, 0.05) is 55.7 Å². The molecule has 5 aromatic heterocycles. The zero-order valence-corrected chi connectivity index (χ0v) is 22.7. The number of pyridine rings is 2. The second-order valence-electron chi connectivity index (χ2n) is 10.5. The number of rotatable bonds is 5. The topological polar surface area (TPSA) is 116 Å². The molecule has 1 aromatic carbocycles. The van der Waals surface area contributed by atoms with Crippen LogP contribution >= 0.6 is 11.3 Å². The molecule has 6 aromatic rings. The van der Waals surface area contributed by atoms with E-state index in [1.54, 1.807) is 25.5 Å². The maximum atomic E-state index is 12.5. The first kappa shape index (κ1) is 24.7. The molecular weight excluding hydrogens is 508 g/mol. The smallest absolute Gasteiger partial charge is 0.229 e. The lowest BCUT2D eigenvalue weighted by molar-refractivity contribution is -0.123. The molecule has 194 valence electrons. The molecule has 0 fully saturated rings. The van der Waals surface area contributed by atoms with Gasteiger partial charge in [-0.15, -0.1) is 11.3 Å². The number of H-pyrrole nitrogens is 2. The normalized spacial score (nSPS) is 11.8. The second-order valence-corrected chi connectivity index (χ2v) is 11.6. The molecule has 0 radical (unpaired) electrons. The Balaban J connectivity index is 1.39. The highest BCUT2D eigenvalue weighted by Gasteiger charge is 2.21. The van der Waals surface area contributed by atoms with Crippen molar-refractivity contribution in [3.8, 4) is 33.0 Å². The van der Waals surface area contributed by atoms with Crippen LogP contribution in [0, 0.1) is 5.41 Å². The van der Waals surface area contributed by atoms with Crippen molar-refractivity contribution < 1.29 is 9.59 Å². The molecule has 0 aliphatic heterocycles. The summed E-state index contributed by atoms with van der Waals surface area (Å²) < 4.78 is 0. The molecule has 39 heavy (non-hydrogen) atoms. The van der Waals surface area contributed by atoms with Gasteiger partial charge in [0.15, 0.2) is 11.4 Å². The quantitative estimate of drug-likeness (QED) is 0.204. The van der Waals surface area contributed by atoms with Crippen molar-refractivity contribution in [2.75, 3.05) is 5.32 Å². The van der Waals surface area contributed by atoms with E-state index < -0.39 is 5.41 Å². The van der Waals surface area contributed by atoms with Gasteiger partial charge in [0.2, 0.25) is 5.91 Å². The first-order chi connectivity index (χ1) is 18.7. The molecule has 3 N–H and O–H groups in total.